The Bertz CT molecular complexity index is 805. The zero-order valence-corrected chi connectivity index (χ0v) is 16.5. The molecule has 0 bridgehead atoms. The number of aliphatic hydroxyl groups excluding tert-OH is 1. The first-order chi connectivity index (χ1) is 13.1. The van der Waals surface area contributed by atoms with Crippen molar-refractivity contribution < 1.29 is 14.6 Å². The number of aryl methyl sites for hydroxylation is 1. The van der Waals surface area contributed by atoms with Crippen LogP contribution in [0.2, 0.25) is 0 Å². The van der Waals surface area contributed by atoms with E-state index in [1.807, 2.05) is 36.1 Å². The number of rotatable bonds is 7. The van der Waals surface area contributed by atoms with E-state index in [1.165, 1.54) is 0 Å². The summed E-state index contributed by atoms with van der Waals surface area (Å²) in [5, 5.41) is 14.8. The number of fused-ring (bicyclic) bond motifs is 1. The fourth-order valence-corrected chi connectivity index (χ4v) is 3.67. The zero-order valence-electron chi connectivity index (χ0n) is 15.7. The summed E-state index contributed by atoms with van der Waals surface area (Å²) in [7, 11) is 0. The molecule has 3 rings (SSSR count). The number of ether oxygens (including phenoxy) is 1. The second-order valence-electron chi connectivity index (χ2n) is 7.13. The van der Waals surface area contributed by atoms with Gasteiger partial charge in [-0.25, -0.2) is 4.99 Å². The third-order valence-electron chi connectivity index (χ3n) is 4.91. The molecule has 0 saturated carbocycles. The SMILES string of the molecule is Cc1ccc2c(c1)=CC(CN(CCCO)C(=S)NCC1CCCO1)C(=O)N=2. The van der Waals surface area contributed by atoms with Crippen molar-refractivity contribution in [2.75, 3.05) is 32.8 Å². The summed E-state index contributed by atoms with van der Waals surface area (Å²) in [5.41, 5.74) is 1.14. The van der Waals surface area contributed by atoms with E-state index in [0.717, 1.165) is 35.6 Å². The Balaban J connectivity index is 1.69. The van der Waals surface area contributed by atoms with Crippen molar-refractivity contribution in [3.8, 4) is 0 Å². The van der Waals surface area contributed by atoms with Gasteiger partial charge in [0.1, 0.15) is 0 Å². The molecule has 6 nitrogen and oxygen atoms in total. The maximum atomic E-state index is 12.5. The molecule has 1 amide bonds. The van der Waals surface area contributed by atoms with Crippen molar-refractivity contribution in [1.82, 2.24) is 10.2 Å². The Morgan fingerprint density at radius 3 is 3.07 bits per heavy atom. The summed E-state index contributed by atoms with van der Waals surface area (Å²) in [6.45, 7) is 4.62. The van der Waals surface area contributed by atoms with Crippen molar-refractivity contribution in [2.24, 2.45) is 10.9 Å². The van der Waals surface area contributed by atoms with E-state index < -0.39 is 0 Å². The van der Waals surface area contributed by atoms with Gasteiger partial charge in [-0.15, -0.1) is 0 Å². The highest BCUT2D eigenvalue weighted by molar-refractivity contribution is 7.80. The maximum absolute atomic E-state index is 12.5. The first-order valence-electron chi connectivity index (χ1n) is 9.53. The number of hydrogen-bond acceptors (Lipinski definition) is 4. The van der Waals surface area contributed by atoms with Gasteiger partial charge in [0.2, 0.25) is 0 Å². The van der Waals surface area contributed by atoms with E-state index in [1.54, 1.807) is 0 Å². The molecule has 0 aromatic heterocycles. The van der Waals surface area contributed by atoms with Gasteiger partial charge in [-0.3, -0.25) is 4.79 Å². The van der Waals surface area contributed by atoms with Gasteiger partial charge < -0.3 is 20.1 Å². The highest BCUT2D eigenvalue weighted by atomic mass is 32.1. The van der Waals surface area contributed by atoms with E-state index in [-0.39, 0.29) is 24.5 Å². The third kappa shape index (κ3) is 5.34. The van der Waals surface area contributed by atoms with Gasteiger partial charge >= 0.3 is 0 Å². The van der Waals surface area contributed by atoms with E-state index in [4.69, 9.17) is 17.0 Å². The Hall–Kier alpha value is -1.83. The third-order valence-corrected chi connectivity index (χ3v) is 5.31. The summed E-state index contributed by atoms with van der Waals surface area (Å²) in [6.07, 6.45) is 4.88. The van der Waals surface area contributed by atoms with Crippen molar-refractivity contribution >= 4 is 29.3 Å². The van der Waals surface area contributed by atoms with Crippen LogP contribution in [0.3, 0.4) is 0 Å². The fourth-order valence-electron chi connectivity index (χ4n) is 3.42. The molecule has 2 atom stereocenters. The highest BCUT2D eigenvalue weighted by Gasteiger charge is 2.23. The van der Waals surface area contributed by atoms with Gasteiger partial charge in [0.05, 0.1) is 17.4 Å². The van der Waals surface area contributed by atoms with Crippen LogP contribution in [0.15, 0.2) is 23.2 Å². The van der Waals surface area contributed by atoms with Crippen molar-refractivity contribution in [3.63, 3.8) is 0 Å². The first-order valence-corrected chi connectivity index (χ1v) is 9.94. The number of amides is 1. The lowest BCUT2D eigenvalue weighted by molar-refractivity contribution is -0.120. The molecule has 1 fully saturated rings. The van der Waals surface area contributed by atoms with Crippen LogP contribution in [0.4, 0.5) is 0 Å². The van der Waals surface area contributed by atoms with Crippen LogP contribution < -0.4 is 15.9 Å². The van der Waals surface area contributed by atoms with Gasteiger partial charge in [0, 0.05) is 32.8 Å². The molecule has 1 saturated heterocycles. The van der Waals surface area contributed by atoms with Gasteiger partial charge in [0.15, 0.2) is 5.11 Å². The quantitative estimate of drug-likeness (QED) is 0.653. The Labute approximate surface area is 164 Å². The van der Waals surface area contributed by atoms with Crippen LogP contribution in [0.25, 0.3) is 6.08 Å². The number of benzene rings is 1. The number of carbonyl (C=O) groups is 1. The van der Waals surface area contributed by atoms with E-state index >= 15 is 0 Å². The van der Waals surface area contributed by atoms with Crippen LogP contribution in [-0.2, 0) is 9.53 Å². The van der Waals surface area contributed by atoms with Crippen LogP contribution in [0.5, 0.6) is 0 Å². The highest BCUT2D eigenvalue weighted by Crippen LogP contribution is 2.12. The van der Waals surface area contributed by atoms with Gasteiger partial charge in [0.25, 0.3) is 5.91 Å². The van der Waals surface area contributed by atoms with Crippen molar-refractivity contribution in [3.05, 3.63) is 34.3 Å². The molecular weight excluding hydrogens is 362 g/mol. The molecule has 0 radical (unpaired) electrons. The summed E-state index contributed by atoms with van der Waals surface area (Å²) < 4.78 is 5.63. The second kappa shape index (κ2) is 9.39. The van der Waals surface area contributed by atoms with E-state index in [2.05, 4.69) is 10.3 Å². The molecule has 1 aromatic carbocycles. The number of hydrogen-bond donors (Lipinski definition) is 2. The Kier molecular flexibility index (Phi) is 6.93. The largest absolute Gasteiger partial charge is 0.396 e. The van der Waals surface area contributed by atoms with Crippen LogP contribution >= 0.6 is 12.2 Å². The average Bonchev–Trinajstić information content (AvgIpc) is 3.17. The smallest absolute Gasteiger partial charge is 0.254 e. The number of aliphatic hydroxyl groups is 1. The molecule has 2 N–H and O–H groups in total. The van der Waals surface area contributed by atoms with Gasteiger partial charge in [-0.2, -0.15) is 0 Å². The predicted octanol–water partition coefficient (Wildman–Crippen LogP) is 0.289. The minimum absolute atomic E-state index is 0.0829. The molecular formula is C20H27N3O3S. The van der Waals surface area contributed by atoms with Gasteiger partial charge in [-0.05, 0) is 49.7 Å². The molecule has 146 valence electrons. The lowest BCUT2D eigenvalue weighted by atomic mass is 10.0. The Morgan fingerprint density at radius 1 is 1.48 bits per heavy atom. The summed E-state index contributed by atoms with van der Waals surface area (Å²) in [5.74, 6) is -0.497. The molecule has 0 spiro atoms. The average molecular weight is 390 g/mol. The minimum Gasteiger partial charge on any atom is -0.396 e. The molecule has 2 aliphatic rings. The fraction of sp³-hybridized carbons (Fsp3) is 0.550. The lowest BCUT2D eigenvalue weighted by Crippen LogP contribution is -2.47. The van der Waals surface area contributed by atoms with Crippen molar-refractivity contribution in [2.45, 2.75) is 32.3 Å². The summed E-state index contributed by atoms with van der Waals surface area (Å²) in [6, 6.07) is 5.89. The first kappa shape index (κ1) is 19.9. The minimum atomic E-state index is -0.347. The maximum Gasteiger partial charge on any atom is 0.254 e. The summed E-state index contributed by atoms with van der Waals surface area (Å²) in [4.78, 5) is 18.7. The Morgan fingerprint density at radius 2 is 2.33 bits per heavy atom. The predicted molar refractivity (Wildman–Crippen MR) is 108 cm³/mol. The monoisotopic (exact) mass is 389 g/mol. The van der Waals surface area contributed by atoms with Crippen LogP contribution in [-0.4, -0.2) is 60.0 Å². The molecule has 2 heterocycles. The molecule has 1 aromatic rings. The van der Waals surface area contributed by atoms with Crippen molar-refractivity contribution in [1.29, 1.82) is 0 Å². The number of thiocarbonyl (C=S) groups is 1. The topological polar surface area (TPSA) is 74.2 Å². The van der Waals surface area contributed by atoms with E-state index in [0.29, 0.717) is 31.2 Å². The molecule has 2 aliphatic heterocycles. The summed E-state index contributed by atoms with van der Waals surface area (Å²) >= 11 is 5.55. The lowest BCUT2D eigenvalue weighted by Gasteiger charge is -2.29. The number of carbonyl (C=O) groups excluding carboxylic acids is 1. The standard InChI is InChI=1S/C20H27N3O3S/c1-14-5-6-18-15(10-14)11-16(19(25)22-18)13-23(7-3-8-24)20(27)21-12-17-4-2-9-26-17/h5-6,10-11,16-17,24H,2-4,7-9,12-13H2,1H3,(H,21,27). The molecule has 27 heavy (non-hydrogen) atoms. The molecule has 2 unspecified atom stereocenters. The van der Waals surface area contributed by atoms with E-state index in [9.17, 15) is 9.90 Å². The van der Waals surface area contributed by atoms with Crippen LogP contribution in [0, 0.1) is 12.8 Å². The molecule has 7 heteroatoms. The normalized spacial score (nSPS) is 21.2. The molecule has 0 aliphatic carbocycles. The zero-order chi connectivity index (χ0) is 19.2. The van der Waals surface area contributed by atoms with Gasteiger partial charge in [-0.1, -0.05) is 23.8 Å². The number of nitrogens with zero attached hydrogens (tertiary/aromatic N) is 2. The second-order valence-corrected chi connectivity index (χ2v) is 7.52. The number of nitrogens with one attached hydrogen (secondary N) is 1. The van der Waals surface area contributed by atoms with Crippen LogP contribution in [0.1, 0.15) is 24.8 Å².